The number of methoxy groups -OCH3 is 1. The van der Waals surface area contributed by atoms with E-state index in [0.717, 1.165) is 56.7 Å². The molecule has 3 rings (SSSR count). The van der Waals surface area contributed by atoms with Gasteiger partial charge >= 0.3 is 12.0 Å². The summed E-state index contributed by atoms with van der Waals surface area (Å²) in [6, 6.07) is 5.25. The number of nitrogens with one attached hydrogen (secondary N) is 3. The number of nitrogens with zero attached hydrogens (tertiary/aromatic N) is 4. The van der Waals surface area contributed by atoms with Crippen LogP contribution in [0.15, 0.2) is 24.4 Å². The highest BCUT2D eigenvalue weighted by atomic mass is 16.5. The van der Waals surface area contributed by atoms with Gasteiger partial charge in [0.1, 0.15) is 17.7 Å². The number of carbonyl (C=O) groups is 2. The van der Waals surface area contributed by atoms with Crippen molar-refractivity contribution in [2.45, 2.75) is 51.5 Å². The van der Waals surface area contributed by atoms with Gasteiger partial charge in [0.25, 0.3) is 0 Å². The number of aliphatic carboxylic acids is 1. The minimum absolute atomic E-state index is 0.0789. The van der Waals surface area contributed by atoms with E-state index < -0.39 is 12.0 Å². The molecule has 36 heavy (non-hydrogen) atoms. The Balaban J connectivity index is 1.50. The zero-order valence-corrected chi connectivity index (χ0v) is 21.1. The quantitative estimate of drug-likeness (QED) is 0.269. The zero-order chi connectivity index (χ0) is 25.8. The molecule has 4 N–H and O–H groups in total. The Morgan fingerprint density at radius 2 is 2.06 bits per heavy atom. The fourth-order valence-electron chi connectivity index (χ4n) is 4.14. The van der Waals surface area contributed by atoms with Crippen molar-refractivity contribution in [3.8, 4) is 6.01 Å². The number of ether oxygens (including phenoxy) is 1. The molecule has 3 heterocycles. The van der Waals surface area contributed by atoms with Gasteiger partial charge in [-0.3, -0.25) is 4.79 Å². The van der Waals surface area contributed by atoms with E-state index in [2.05, 4.69) is 43.0 Å². The van der Waals surface area contributed by atoms with E-state index in [9.17, 15) is 14.7 Å². The molecule has 0 radical (unpaired) electrons. The molecule has 1 amide bonds. The molecule has 0 saturated heterocycles. The van der Waals surface area contributed by atoms with Crippen LogP contribution in [0, 0.1) is 0 Å². The first-order valence-electron chi connectivity index (χ1n) is 12.5. The summed E-state index contributed by atoms with van der Waals surface area (Å²) in [5.41, 5.74) is 2.37. The lowest BCUT2D eigenvalue weighted by atomic mass is 10.1. The number of hydrogen-bond donors (Lipinski definition) is 4. The van der Waals surface area contributed by atoms with E-state index in [1.165, 1.54) is 25.8 Å². The molecule has 0 aliphatic carbocycles. The normalized spacial score (nSPS) is 13.4. The first-order chi connectivity index (χ1) is 17.4. The molecule has 11 heteroatoms. The van der Waals surface area contributed by atoms with Gasteiger partial charge in [0.15, 0.2) is 0 Å². The zero-order valence-electron chi connectivity index (χ0n) is 21.1. The highest BCUT2D eigenvalue weighted by Crippen LogP contribution is 2.20. The highest BCUT2D eigenvalue weighted by molar-refractivity contribution is 5.76. The van der Waals surface area contributed by atoms with Gasteiger partial charge in [-0.2, -0.15) is 4.98 Å². The monoisotopic (exact) mass is 499 g/mol. The number of hydrogen-bond acceptors (Lipinski definition) is 9. The van der Waals surface area contributed by atoms with Crippen LogP contribution in [0.4, 0.5) is 11.6 Å². The maximum atomic E-state index is 11.9. The Morgan fingerprint density at radius 3 is 2.83 bits per heavy atom. The van der Waals surface area contributed by atoms with Gasteiger partial charge in [0, 0.05) is 45.0 Å². The van der Waals surface area contributed by atoms with Gasteiger partial charge in [0.05, 0.1) is 7.11 Å². The topological polar surface area (TPSA) is 142 Å². The van der Waals surface area contributed by atoms with Crippen LogP contribution in [0.2, 0.25) is 0 Å². The number of anilines is 2. The average Bonchev–Trinajstić information content (AvgIpc) is 2.88. The van der Waals surface area contributed by atoms with Crippen LogP contribution in [0.3, 0.4) is 0 Å². The summed E-state index contributed by atoms with van der Waals surface area (Å²) >= 11 is 0. The van der Waals surface area contributed by atoms with Crippen LogP contribution in [-0.4, -0.2) is 82.7 Å². The molecule has 2 aromatic heterocycles. The summed E-state index contributed by atoms with van der Waals surface area (Å²) in [4.78, 5) is 38.2. The SMILES string of the molecule is COc1nccc(NC(CCN(CCCCc2ccc3c(n2)NCCC3)CCNC(C)=O)C(=O)O)n1. The number of aromatic nitrogens is 3. The molecule has 0 bridgehead atoms. The van der Waals surface area contributed by atoms with Crippen LogP contribution < -0.4 is 20.7 Å². The van der Waals surface area contributed by atoms with E-state index in [1.807, 2.05) is 0 Å². The van der Waals surface area contributed by atoms with Crippen LogP contribution in [0.1, 0.15) is 43.9 Å². The summed E-state index contributed by atoms with van der Waals surface area (Å²) in [6.07, 6.45) is 6.93. The van der Waals surface area contributed by atoms with Crippen molar-refractivity contribution < 1.29 is 19.4 Å². The highest BCUT2D eigenvalue weighted by Gasteiger charge is 2.20. The Bertz CT molecular complexity index is 1000. The van der Waals surface area contributed by atoms with Gasteiger partial charge < -0.3 is 30.7 Å². The third kappa shape index (κ3) is 8.95. The second kappa shape index (κ2) is 14.2. The third-order valence-electron chi connectivity index (χ3n) is 6.08. The molecule has 0 spiro atoms. The first-order valence-corrected chi connectivity index (χ1v) is 12.5. The summed E-state index contributed by atoms with van der Waals surface area (Å²) < 4.78 is 5.01. The summed E-state index contributed by atoms with van der Waals surface area (Å²) in [5, 5.41) is 18.9. The average molecular weight is 500 g/mol. The van der Waals surface area contributed by atoms with Gasteiger partial charge in [-0.25, -0.2) is 14.8 Å². The van der Waals surface area contributed by atoms with E-state index in [4.69, 9.17) is 9.72 Å². The number of carboxylic acids is 1. The molecular weight excluding hydrogens is 462 g/mol. The van der Waals surface area contributed by atoms with E-state index in [-0.39, 0.29) is 11.9 Å². The van der Waals surface area contributed by atoms with Crippen molar-refractivity contribution in [1.29, 1.82) is 0 Å². The molecule has 1 atom stereocenters. The predicted octanol–water partition coefficient (Wildman–Crippen LogP) is 1.95. The van der Waals surface area contributed by atoms with Crippen LogP contribution >= 0.6 is 0 Å². The van der Waals surface area contributed by atoms with Gasteiger partial charge in [-0.1, -0.05) is 6.07 Å². The number of rotatable bonds is 15. The van der Waals surface area contributed by atoms with Gasteiger partial charge in [-0.05, 0) is 62.8 Å². The molecular formula is C25H37N7O4. The molecule has 196 valence electrons. The van der Waals surface area contributed by atoms with Crippen molar-refractivity contribution >= 4 is 23.5 Å². The number of carboxylic acid groups (broad SMARTS) is 1. The smallest absolute Gasteiger partial charge is 0.326 e. The van der Waals surface area contributed by atoms with Crippen molar-refractivity contribution in [2.24, 2.45) is 0 Å². The second-order valence-electron chi connectivity index (χ2n) is 8.87. The van der Waals surface area contributed by atoms with E-state index >= 15 is 0 Å². The Kier molecular flexibility index (Phi) is 10.7. The maximum absolute atomic E-state index is 11.9. The molecule has 1 aliphatic rings. The molecule has 1 unspecified atom stereocenters. The Morgan fingerprint density at radius 1 is 1.19 bits per heavy atom. The molecule has 0 aromatic carbocycles. The number of unbranched alkanes of at least 4 members (excludes halogenated alkanes) is 1. The number of fused-ring (bicyclic) bond motifs is 1. The van der Waals surface area contributed by atoms with Crippen molar-refractivity contribution in [2.75, 3.05) is 50.5 Å². The van der Waals surface area contributed by atoms with E-state index in [0.29, 0.717) is 31.9 Å². The molecule has 11 nitrogen and oxygen atoms in total. The van der Waals surface area contributed by atoms with Crippen LogP contribution in [0.25, 0.3) is 0 Å². The third-order valence-corrected chi connectivity index (χ3v) is 6.08. The van der Waals surface area contributed by atoms with Crippen LogP contribution in [-0.2, 0) is 22.4 Å². The lowest BCUT2D eigenvalue weighted by molar-refractivity contribution is -0.138. The lowest BCUT2D eigenvalue weighted by Gasteiger charge is -2.24. The largest absolute Gasteiger partial charge is 0.480 e. The standard InChI is InChI=1S/C25H37N7O4/c1-18(33)26-14-17-32(15-4-3-7-20-9-8-19-6-5-12-27-23(19)29-20)16-11-21(24(34)35)30-22-10-13-28-25(31-22)36-2/h8-10,13,21H,3-7,11-12,14-17H2,1-2H3,(H,26,33)(H,27,29)(H,34,35)(H,28,30,31). The van der Waals surface area contributed by atoms with Crippen molar-refractivity contribution in [1.82, 2.24) is 25.2 Å². The molecule has 2 aromatic rings. The molecule has 1 aliphatic heterocycles. The fraction of sp³-hybridized carbons (Fsp3) is 0.560. The molecule has 0 saturated carbocycles. The van der Waals surface area contributed by atoms with Crippen molar-refractivity contribution in [3.05, 3.63) is 35.7 Å². The minimum atomic E-state index is -0.957. The van der Waals surface area contributed by atoms with Crippen molar-refractivity contribution in [3.63, 3.8) is 0 Å². The summed E-state index contributed by atoms with van der Waals surface area (Å²) in [5.74, 6) is 0.376. The predicted molar refractivity (Wildman–Crippen MR) is 137 cm³/mol. The minimum Gasteiger partial charge on any atom is -0.480 e. The molecule has 0 fully saturated rings. The number of aryl methyl sites for hydroxylation is 2. The number of pyridine rings is 1. The summed E-state index contributed by atoms with van der Waals surface area (Å²) in [6.45, 7) is 4.99. The van der Waals surface area contributed by atoms with Crippen LogP contribution in [0.5, 0.6) is 6.01 Å². The van der Waals surface area contributed by atoms with Gasteiger partial charge in [-0.15, -0.1) is 0 Å². The summed E-state index contributed by atoms with van der Waals surface area (Å²) in [7, 11) is 1.46. The fourth-order valence-corrected chi connectivity index (χ4v) is 4.14. The second-order valence-corrected chi connectivity index (χ2v) is 8.87. The first kappa shape index (κ1) is 27.1. The Hall–Kier alpha value is -3.47. The van der Waals surface area contributed by atoms with Gasteiger partial charge in [0.2, 0.25) is 5.91 Å². The number of amides is 1. The number of carbonyl (C=O) groups excluding carboxylic acids is 1. The lowest BCUT2D eigenvalue weighted by Crippen LogP contribution is -2.39. The van der Waals surface area contributed by atoms with E-state index in [1.54, 1.807) is 6.07 Å². The maximum Gasteiger partial charge on any atom is 0.326 e. The Labute approximate surface area is 212 Å².